The first-order chi connectivity index (χ1) is 6.65. The molecule has 1 rings (SSSR count). The van der Waals surface area contributed by atoms with Crippen LogP contribution in [0.4, 0.5) is 0 Å². The van der Waals surface area contributed by atoms with Gasteiger partial charge in [-0.3, -0.25) is 10.0 Å². The summed E-state index contributed by atoms with van der Waals surface area (Å²) in [4.78, 5) is 11.4. The molecule has 0 spiro atoms. The van der Waals surface area contributed by atoms with Crippen LogP contribution in [0.25, 0.3) is 0 Å². The third kappa shape index (κ3) is 2.46. The zero-order valence-electron chi connectivity index (χ0n) is 7.14. The molecule has 1 N–H and O–H groups in total. The molecule has 1 amide bonds. The number of halogens is 1. The van der Waals surface area contributed by atoms with Crippen LogP contribution in [0.3, 0.4) is 0 Å². The highest BCUT2D eigenvalue weighted by molar-refractivity contribution is 6.30. The van der Waals surface area contributed by atoms with Gasteiger partial charge < -0.3 is 0 Å². The highest BCUT2D eigenvalue weighted by atomic mass is 35.5. The molecule has 5 heteroatoms. The van der Waals surface area contributed by atoms with E-state index in [0.29, 0.717) is 10.1 Å². The summed E-state index contributed by atoms with van der Waals surface area (Å²) in [5.41, 5.74) is 0.246. The van der Waals surface area contributed by atoms with Crippen molar-refractivity contribution in [1.29, 1.82) is 5.26 Å². The molecular formula is C9H7ClN2O2. The van der Waals surface area contributed by atoms with Gasteiger partial charge in [0.2, 0.25) is 0 Å². The van der Waals surface area contributed by atoms with Crippen LogP contribution < -0.4 is 0 Å². The van der Waals surface area contributed by atoms with Gasteiger partial charge in [0.05, 0.1) is 6.07 Å². The van der Waals surface area contributed by atoms with Crippen LogP contribution in [0, 0.1) is 11.3 Å². The van der Waals surface area contributed by atoms with Gasteiger partial charge in [-0.1, -0.05) is 17.7 Å². The predicted octanol–water partition coefficient (Wildman–Crippen LogP) is 1.69. The molecule has 0 saturated heterocycles. The number of nitrogens with zero attached hydrogens (tertiary/aromatic N) is 2. The van der Waals surface area contributed by atoms with Crippen LogP contribution >= 0.6 is 11.6 Å². The Morgan fingerprint density at radius 1 is 1.64 bits per heavy atom. The molecule has 4 nitrogen and oxygen atoms in total. The molecule has 1 aromatic rings. The van der Waals surface area contributed by atoms with Crippen molar-refractivity contribution in [2.45, 2.75) is 0 Å². The Hall–Kier alpha value is -1.57. The van der Waals surface area contributed by atoms with E-state index >= 15 is 0 Å². The third-order valence-corrected chi connectivity index (χ3v) is 1.76. The first kappa shape index (κ1) is 10.5. The number of hydrogen-bond acceptors (Lipinski definition) is 3. The van der Waals surface area contributed by atoms with Gasteiger partial charge in [0.25, 0.3) is 5.91 Å². The van der Waals surface area contributed by atoms with E-state index in [0.717, 1.165) is 0 Å². The fourth-order valence-electron chi connectivity index (χ4n) is 0.909. The first-order valence-corrected chi connectivity index (χ1v) is 4.16. The van der Waals surface area contributed by atoms with Gasteiger partial charge >= 0.3 is 0 Å². The second kappa shape index (κ2) is 4.61. The topological polar surface area (TPSA) is 64.3 Å². The zero-order valence-corrected chi connectivity index (χ0v) is 7.90. The molecule has 0 aliphatic rings. The second-order valence-corrected chi connectivity index (χ2v) is 2.97. The number of carbonyl (C=O) groups is 1. The van der Waals surface area contributed by atoms with Gasteiger partial charge in [-0.15, -0.1) is 0 Å². The van der Waals surface area contributed by atoms with Crippen molar-refractivity contribution in [3.05, 3.63) is 34.9 Å². The maximum atomic E-state index is 11.4. The average Bonchev–Trinajstić information content (AvgIpc) is 2.17. The molecule has 0 atom stereocenters. The molecule has 0 heterocycles. The Kier molecular flexibility index (Phi) is 3.46. The van der Waals surface area contributed by atoms with Crippen LogP contribution in [0.5, 0.6) is 0 Å². The molecule has 1 aromatic carbocycles. The molecular weight excluding hydrogens is 204 g/mol. The number of benzene rings is 1. The van der Waals surface area contributed by atoms with E-state index in [1.165, 1.54) is 12.1 Å². The summed E-state index contributed by atoms with van der Waals surface area (Å²) in [5.74, 6) is -0.644. The predicted molar refractivity (Wildman–Crippen MR) is 49.9 cm³/mol. The van der Waals surface area contributed by atoms with Crippen molar-refractivity contribution in [2.24, 2.45) is 0 Å². The van der Waals surface area contributed by atoms with Crippen molar-refractivity contribution in [2.75, 3.05) is 6.54 Å². The van der Waals surface area contributed by atoms with Crippen LogP contribution in [0.2, 0.25) is 5.02 Å². The summed E-state index contributed by atoms with van der Waals surface area (Å²) in [6.45, 7) is -0.370. The van der Waals surface area contributed by atoms with Crippen LogP contribution in [0.15, 0.2) is 24.3 Å². The Bertz CT molecular complexity index is 387. The van der Waals surface area contributed by atoms with Gasteiger partial charge in [-0.25, -0.2) is 5.06 Å². The van der Waals surface area contributed by atoms with Crippen LogP contribution in [-0.2, 0) is 0 Å². The number of rotatable bonds is 2. The smallest absolute Gasteiger partial charge is 0.278 e. The maximum absolute atomic E-state index is 11.4. The van der Waals surface area contributed by atoms with E-state index < -0.39 is 5.91 Å². The van der Waals surface area contributed by atoms with Gasteiger partial charge in [-0.05, 0) is 18.2 Å². The molecule has 0 aliphatic carbocycles. The Morgan fingerprint density at radius 2 is 2.36 bits per heavy atom. The van der Waals surface area contributed by atoms with Crippen LogP contribution in [0.1, 0.15) is 10.4 Å². The second-order valence-electron chi connectivity index (χ2n) is 2.53. The maximum Gasteiger partial charge on any atom is 0.278 e. The standard InChI is InChI=1S/C9H7ClN2O2/c10-8-3-1-2-7(6-8)9(13)12(14)5-4-11/h1-3,6,14H,5H2. The van der Waals surface area contributed by atoms with Crippen molar-refractivity contribution in [1.82, 2.24) is 5.06 Å². The summed E-state index contributed by atoms with van der Waals surface area (Å²) in [6, 6.07) is 7.79. The minimum Gasteiger partial charge on any atom is -0.285 e. The lowest BCUT2D eigenvalue weighted by Gasteiger charge is -2.10. The molecule has 72 valence electrons. The molecule has 0 aliphatic heterocycles. The van der Waals surface area contributed by atoms with Gasteiger partial charge in [-0.2, -0.15) is 5.26 Å². The van der Waals surface area contributed by atoms with Crippen molar-refractivity contribution < 1.29 is 10.0 Å². The van der Waals surface area contributed by atoms with E-state index in [1.54, 1.807) is 18.2 Å². The minimum absolute atomic E-state index is 0.246. The number of hydrogen-bond donors (Lipinski definition) is 1. The molecule has 0 saturated carbocycles. The van der Waals surface area contributed by atoms with Gasteiger partial charge in [0, 0.05) is 10.6 Å². The highest BCUT2D eigenvalue weighted by Gasteiger charge is 2.12. The SMILES string of the molecule is N#CCN(O)C(=O)c1cccc(Cl)c1. The number of hydroxylamine groups is 2. The van der Waals surface area contributed by atoms with E-state index in [9.17, 15) is 4.79 Å². The number of nitriles is 1. The van der Waals surface area contributed by atoms with Gasteiger partial charge in [0.1, 0.15) is 6.54 Å². The van der Waals surface area contributed by atoms with Crippen LogP contribution in [-0.4, -0.2) is 22.7 Å². The lowest BCUT2D eigenvalue weighted by atomic mass is 10.2. The van der Waals surface area contributed by atoms with E-state index in [4.69, 9.17) is 22.1 Å². The number of carbonyl (C=O) groups excluding carboxylic acids is 1. The molecule has 0 unspecified atom stereocenters. The Balaban J connectivity index is 2.85. The normalized spacial score (nSPS) is 9.21. The van der Waals surface area contributed by atoms with Crippen molar-refractivity contribution in [3.63, 3.8) is 0 Å². The van der Waals surface area contributed by atoms with E-state index in [1.807, 2.05) is 0 Å². The van der Waals surface area contributed by atoms with E-state index in [2.05, 4.69) is 0 Å². The van der Waals surface area contributed by atoms with E-state index in [-0.39, 0.29) is 12.1 Å². The quantitative estimate of drug-likeness (QED) is 0.459. The Morgan fingerprint density at radius 3 is 2.93 bits per heavy atom. The summed E-state index contributed by atoms with van der Waals surface area (Å²) in [6.07, 6.45) is 0. The first-order valence-electron chi connectivity index (χ1n) is 3.78. The average molecular weight is 211 g/mol. The fraction of sp³-hybridized carbons (Fsp3) is 0.111. The molecule has 0 bridgehead atoms. The highest BCUT2D eigenvalue weighted by Crippen LogP contribution is 2.11. The summed E-state index contributed by atoms with van der Waals surface area (Å²) in [7, 11) is 0. The fourth-order valence-corrected chi connectivity index (χ4v) is 1.10. The van der Waals surface area contributed by atoms with Crippen molar-refractivity contribution >= 4 is 17.5 Å². The summed E-state index contributed by atoms with van der Waals surface area (Å²) < 4.78 is 0. The van der Waals surface area contributed by atoms with Crippen molar-refractivity contribution in [3.8, 4) is 6.07 Å². The molecule has 0 radical (unpaired) electrons. The largest absolute Gasteiger partial charge is 0.285 e. The lowest BCUT2D eigenvalue weighted by Crippen LogP contribution is -2.27. The number of amides is 1. The lowest BCUT2D eigenvalue weighted by molar-refractivity contribution is -0.0482. The molecule has 0 aromatic heterocycles. The van der Waals surface area contributed by atoms with Gasteiger partial charge in [0.15, 0.2) is 0 Å². The minimum atomic E-state index is -0.644. The molecule has 0 fully saturated rings. The Labute approximate surface area is 85.9 Å². The molecule has 14 heavy (non-hydrogen) atoms. The monoisotopic (exact) mass is 210 g/mol. The zero-order chi connectivity index (χ0) is 10.6. The third-order valence-electron chi connectivity index (χ3n) is 1.53. The summed E-state index contributed by atoms with van der Waals surface area (Å²) in [5, 5.41) is 18.1. The summed E-state index contributed by atoms with van der Waals surface area (Å²) >= 11 is 5.65.